The van der Waals surface area contributed by atoms with E-state index < -0.39 is 5.60 Å². The monoisotopic (exact) mass is 274 g/mol. The lowest BCUT2D eigenvalue weighted by molar-refractivity contribution is 0.151. The van der Waals surface area contributed by atoms with Gasteiger partial charge in [-0.25, -0.2) is 4.79 Å². The molecule has 108 valence electrons. The summed E-state index contributed by atoms with van der Waals surface area (Å²) in [5.74, 6) is 0. The number of anilines is 1. The molecule has 1 aliphatic carbocycles. The van der Waals surface area contributed by atoms with Gasteiger partial charge >= 0.3 is 6.03 Å². The highest BCUT2D eigenvalue weighted by Gasteiger charge is 2.40. The second kappa shape index (κ2) is 4.77. The fourth-order valence-corrected chi connectivity index (χ4v) is 2.81. The predicted octanol–water partition coefficient (Wildman–Crippen LogP) is 2.40. The van der Waals surface area contributed by atoms with E-state index in [0.29, 0.717) is 6.42 Å². The molecule has 0 bridgehead atoms. The second-order valence-corrected chi connectivity index (χ2v) is 6.29. The molecule has 0 atom stereocenters. The number of rotatable bonds is 4. The summed E-state index contributed by atoms with van der Waals surface area (Å²) in [5.41, 5.74) is 1.57. The molecule has 4 heteroatoms. The number of benzene rings is 1. The molecule has 3 rings (SSSR count). The van der Waals surface area contributed by atoms with Crippen molar-refractivity contribution in [1.82, 2.24) is 4.90 Å². The van der Waals surface area contributed by atoms with Crippen molar-refractivity contribution in [2.24, 2.45) is 0 Å². The van der Waals surface area contributed by atoms with Crippen LogP contribution in [0.25, 0.3) is 0 Å². The lowest BCUT2D eigenvalue weighted by Gasteiger charge is -2.22. The lowest BCUT2D eigenvalue weighted by Crippen LogP contribution is -2.36. The normalized spacial score (nSPS) is 20.9. The summed E-state index contributed by atoms with van der Waals surface area (Å²) in [6.45, 7) is 5.61. The van der Waals surface area contributed by atoms with Crippen LogP contribution < -0.4 is 4.90 Å². The SMILES string of the molecule is CC(C)N1CCN(c2cccc(CC3(O)CC3)c2)C1=O. The van der Waals surface area contributed by atoms with Crippen LogP contribution in [0, 0.1) is 0 Å². The molecule has 0 aromatic heterocycles. The van der Waals surface area contributed by atoms with Crippen molar-refractivity contribution in [2.45, 2.75) is 44.8 Å². The van der Waals surface area contributed by atoms with Crippen LogP contribution in [-0.4, -0.2) is 40.8 Å². The number of urea groups is 1. The third-order valence-corrected chi connectivity index (χ3v) is 4.25. The molecule has 1 aromatic carbocycles. The Hall–Kier alpha value is -1.55. The highest BCUT2D eigenvalue weighted by molar-refractivity contribution is 5.94. The van der Waals surface area contributed by atoms with Gasteiger partial charge in [-0.15, -0.1) is 0 Å². The predicted molar refractivity (Wildman–Crippen MR) is 78.9 cm³/mol. The molecule has 20 heavy (non-hydrogen) atoms. The highest BCUT2D eigenvalue weighted by Crippen LogP contribution is 2.38. The third kappa shape index (κ3) is 2.52. The van der Waals surface area contributed by atoms with Gasteiger partial charge in [-0.05, 0) is 44.4 Å². The van der Waals surface area contributed by atoms with Crippen LogP contribution in [0.4, 0.5) is 10.5 Å². The minimum Gasteiger partial charge on any atom is -0.390 e. The van der Waals surface area contributed by atoms with Crippen LogP contribution in [0.15, 0.2) is 24.3 Å². The van der Waals surface area contributed by atoms with Gasteiger partial charge in [0.1, 0.15) is 0 Å². The largest absolute Gasteiger partial charge is 0.390 e. The van der Waals surface area contributed by atoms with Crippen molar-refractivity contribution >= 4 is 11.7 Å². The zero-order valence-electron chi connectivity index (χ0n) is 12.2. The summed E-state index contributed by atoms with van der Waals surface area (Å²) in [6.07, 6.45) is 2.47. The number of nitrogens with zero attached hydrogens (tertiary/aromatic N) is 2. The lowest BCUT2D eigenvalue weighted by atomic mass is 10.1. The van der Waals surface area contributed by atoms with E-state index in [1.54, 1.807) is 0 Å². The van der Waals surface area contributed by atoms with Crippen molar-refractivity contribution in [2.75, 3.05) is 18.0 Å². The van der Waals surface area contributed by atoms with Crippen LogP contribution >= 0.6 is 0 Å². The van der Waals surface area contributed by atoms with E-state index in [0.717, 1.165) is 37.2 Å². The number of amides is 2. The average Bonchev–Trinajstić information content (AvgIpc) is 2.98. The molecule has 0 unspecified atom stereocenters. The quantitative estimate of drug-likeness (QED) is 0.916. The molecule has 1 N–H and O–H groups in total. The molecule has 2 aliphatic rings. The molecule has 4 nitrogen and oxygen atoms in total. The van der Waals surface area contributed by atoms with Gasteiger partial charge < -0.3 is 10.0 Å². The molecule has 1 aromatic rings. The fourth-order valence-electron chi connectivity index (χ4n) is 2.81. The molecule has 0 spiro atoms. The maximum atomic E-state index is 12.4. The third-order valence-electron chi connectivity index (χ3n) is 4.25. The molecule has 2 amide bonds. The zero-order chi connectivity index (χ0) is 14.3. The molecule has 0 radical (unpaired) electrons. The Bertz CT molecular complexity index is 523. The Morgan fingerprint density at radius 2 is 2.05 bits per heavy atom. The van der Waals surface area contributed by atoms with E-state index >= 15 is 0 Å². The van der Waals surface area contributed by atoms with Crippen molar-refractivity contribution in [1.29, 1.82) is 0 Å². The Morgan fingerprint density at radius 3 is 2.65 bits per heavy atom. The Balaban J connectivity index is 1.77. The number of aliphatic hydroxyl groups is 1. The van der Waals surface area contributed by atoms with Crippen LogP contribution in [0.1, 0.15) is 32.3 Å². The van der Waals surface area contributed by atoms with Crippen molar-refractivity contribution in [3.8, 4) is 0 Å². The van der Waals surface area contributed by atoms with Gasteiger partial charge in [0.25, 0.3) is 0 Å². The average molecular weight is 274 g/mol. The first-order valence-electron chi connectivity index (χ1n) is 7.38. The molecule has 1 aliphatic heterocycles. The van der Waals surface area contributed by atoms with Crippen LogP contribution in [0.5, 0.6) is 0 Å². The Kier molecular flexibility index (Phi) is 3.21. The fraction of sp³-hybridized carbons (Fsp3) is 0.562. The molecular formula is C16H22N2O2. The van der Waals surface area contributed by atoms with E-state index in [1.807, 2.05) is 47.9 Å². The van der Waals surface area contributed by atoms with Gasteiger partial charge in [0.15, 0.2) is 0 Å². The van der Waals surface area contributed by atoms with E-state index in [1.165, 1.54) is 0 Å². The van der Waals surface area contributed by atoms with E-state index in [2.05, 4.69) is 0 Å². The van der Waals surface area contributed by atoms with Crippen LogP contribution in [0.2, 0.25) is 0 Å². The summed E-state index contributed by atoms with van der Waals surface area (Å²) in [5, 5.41) is 10.0. The van der Waals surface area contributed by atoms with Gasteiger partial charge in [-0.3, -0.25) is 4.90 Å². The standard InChI is InChI=1S/C16H22N2O2/c1-12(2)17-8-9-18(15(17)19)14-5-3-4-13(10-14)11-16(20)6-7-16/h3-5,10,12,20H,6-9,11H2,1-2H3. The topological polar surface area (TPSA) is 43.8 Å². The Labute approximate surface area is 120 Å². The van der Waals surface area contributed by atoms with Gasteiger partial charge in [0.2, 0.25) is 0 Å². The Morgan fingerprint density at radius 1 is 1.30 bits per heavy atom. The van der Waals surface area contributed by atoms with Crippen molar-refractivity contribution < 1.29 is 9.90 Å². The summed E-state index contributed by atoms with van der Waals surface area (Å²) >= 11 is 0. The van der Waals surface area contributed by atoms with Crippen LogP contribution in [-0.2, 0) is 6.42 Å². The highest BCUT2D eigenvalue weighted by atomic mass is 16.3. The van der Waals surface area contributed by atoms with E-state index in [4.69, 9.17) is 0 Å². The first-order valence-corrected chi connectivity index (χ1v) is 7.38. The van der Waals surface area contributed by atoms with E-state index in [9.17, 15) is 9.90 Å². The number of carbonyl (C=O) groups is 1. The van der Waals surface area contributed by atoms with E-state index in [-0.39, 0.29) is 12.1 Å². The molecule has 1 heterocycles. The number of hydrogen-bond acceptors (Lipinski definition) is 2. The maximum Gasteiger partial charge on any atom is 0.324 e. The first kappa shape index (κ1) is 13.4. The maximum absolute atomic E-state index is 12.4. The minimum absolute atomic E-state index is 0.0854. The van der Waals surface area contributed by atoms with Gasteiger partial charge in [-0.2, -0.15) is 0 Å². The summed E-state index contributed by atoms with van der Waals surface area (Å²) < 4.78 is 0. The van der Waals surface area contributed by atoms with Gasteiger partial charge in [0, 0.05) is 31.2 Å². The number of carbonyl (C=O) groups excluding carboxylic acids is 1. The van der Waals surface area contributed by atoms with Crippen molar-refractivity contribution in [3.05, 3.63) is 29.8 Å². The molecule has 1 saturated carbocycles. The number of hydrogen-bond donors (Lipinski definition) is 1. The summed E-state index contributed by atoms with van der Waals surface area (Å²) in [4.78, 5) is 16.1. The molecule has 2 fully saturated rings. The van der Waals surface area contributed by atoms with Gasteiger partial charge in [-0.1, -0.05) is 12.1 Å². The van der Waals surface area contributed by atoms with Gasteiger partial charge in [0.05, 0.1) is 5.60 Å². The summed E-state index contributed by atoms with van der Waals surface area (Å²) in [6, 6.07) is 8.34. The molecule has 1 saturated heterocycles. The van der Waals surface area contributed by atoms with Crippen molar-refractivity contribution in [3.63, 3.8) is 0 Å². The summed E-state index contributed by atoms with van der Waals surface area (Å²) in [7, 11) is 0. The van der Waals surface area contributed by atoms with Crippen LogP contribution in [0.3, 0.4) is 0 Å². The molecular weight excluding hydrogens is 252 g/mol. The first-order chi connectivity index (χ1) is 9.48. The smallest absolute Gasteiger partial charge is 0.324 e. The zero-order valence-corrected chi connectivity index (χ0v) is 12.2. The second-order valence-electron chi connectivity index (χ2n) is 6.29. The minimum atomic E-state index is -0.488.